The zero-order valence-electron chi connectivity index (χ0n) is 9.38. The van der Waals surface area contributed by atoms with Crippen molar-refractivity contribution in [3.05, 3.63) is 19.9 Å². The van der Waals surface area contributed by atoms with Crippen LogP contribution < -0.4 is 10.6 Å². The molecule has 1 amide bonds. The molecule has 1 aromatic heterocycles. The lowest BCUT2D eigenvalue weighted by Gasteiger charge is -2.03. The number of rotatable bonds is 7. The molecule has 0 aromatic carbocycles. The zero-order chi connectivity index (χ0) is 11.8. The number of amides is 1. The van der Waals surface area contributed by atoms with Crippen molar-refractivity contribution in [2.24, 2.45) is 0 Å². The summed E-state index contributed by atoms with van der Waals surface area (Å²) in [5, 5.41) is 5.97. The van der Waals surface area contributed by atoms with E-state index < -0.39 is 0 Å². The van der Waals surface area contributed by atoms with Gasteiger partial charge in [-0.1, -0.05) is 0 Å². The van der Waals surface area contributed by atoms with Gasteiger partial charge >= 0.3 is 0 Å². The monoisotopic (exact) mass is 352 g/mol. The maximum absolute atomic E-state index is 11.4. The van der Waals surface area contributed by atoms with E-state index in [4.69, 9.17) is 0 Å². The third kappa shape index (κ3) is 5.81. The van der Waals surface area contributed by atoms with Gasteiger partial charge in [-0.15, -0.1) is 11.3 Å². The van der Waals surface area contributed by atoms with Crippen LogP contribution in [0.4, 0.5) is 0 Å². The molecule has 0 bridgehead atoms. The minimum atomic E-state index is 0.154. The largest absolute Gasteiger partial charge is 0.356 e. The Morgan fingerprint density at radius 2 is 2.25 bits per heavy atom. The second kappa shape index (κ2) is 8.03. The number of halogens is 1. The fourth-order valence-electron chi connectivity index (χ4n) is 1.33. The molecule has 0 unspecified atom stereocenters. The number of hydrogen-bond acceptors (Lipinski definition) is 3. The second-order valence-corrected chi connectivity index (χ2v) is 6.58. The molecule has 0 aliphatic carbocycles. The summed E-state index contributed by atoms with van der Waals surface area (Å²) in [6, 6.07) is 4.23. The Hall–Kier alpha value is -0.140. The highest BCUT2D eigenvalue weighted by molar-refractivity contribution is 14.1. The van der Waals surface area contributed by atoms with Crippen LogP contribution in [0.15, 0.2) is 12.1 Å². The first-order valence-electron chi connectivity index (χ1n) is 5.38. The average molecular weight is 352 g/mol. The predicted molar refractivity (Wildman–Crippen MR) is 76.9 cm³/mol. The molecule has 0 saturated carbocycles. The molecule has 0 aliphatic heterocycles. The molecule has 16 heavy (non-hydrogen) atoms. The van der Waals surface area contributed by atoms with Gasteiger partial charge in [-0.3, -0.25) is 4.79 Å². The van der Waals surface area contributed by atoms with E-state index in [0.29, 0.717) is 6.42 Å². The highest BCUT2D eigenvalue weighted by Gasteiger charge is 2.01. The predicted octanol–water partition coefficient (Wildman–Crippen LogP) is 2.01. The summed E-state index contributed by atoms with van der Waals surface area (Å²) < 4.78 is 1.30. The Labute approximate surface area is 114 Å². The van der Waals surface area contributed by atoms with Gasteiger partial charge in [0, 0.05) is 17.8 Å². The molecule has 90 valence electrons. The Morgan fingerprint density at radius 1 is 1.44 bits per heavy atom. The number of nitrogens with one attached hydrogen (secondary N) is 2. The highest BCUT2D eigenvalue weighted by atomic mass is 127. The summed E-state index contributed by atoms with van der Waals surface area (Å²) in [6.07, 6.45) is 2.45. The van der Waals surface area contributed by atoms with Gasteiger partial charge in [-0.05, 0) is 61.2 Å². The SMILES string of the molecule is CNCCCC(=O)NCCc1ccc(I)s1. The van der Waals surface area contributed by atoms with Crippen LogP contribution in [0.3, 0.4) is 0 Å². The highest BCUT2D eigenvalue weighted by Crippen LogP contribution is 2.18. The van der Waals surface area contributed by atoms with Crippen LogP contribution in [0.25, 0.3) is 0 Å². The van der Waals surface area contributed by atoms with Crippen molar-refractivity contribution in [2.75, 3.05) is 20.1 Å². The summed E-state index contributed by atoms with van der Waals surface area (Å²) in [5.41, 5.74) is 0. The Balaban J connectivity index is 2.08. The summed E-state index contributed by atoms with van der Waals surface area (Å²) in [4.78, 5) is 12.7. The van der Waals surface area contributed by atoms with E-state index in [9.17, 15) is 4.79 Å². The minimum absolute atomic E-state index is 0.154. The lowest BCUT2D eigenvalue weighted by atomic mass is 10.3. The van der Waals surface area contributed by atoms with Gasteiger partial charge in [0.2, 0.25) is 5.91 Å². The summed E-state index contributed by atoms with van der Waals surface area (Å²) in [7, 11) is 1.90. The minimum Gasteiger partial charge on any atom is -0.356 e. The van der Waals surface area contributed by atoms with E-state index >= 15 is 0 Å². The first-order valence-corrected chi connectivity index (χ1v) is 7.27. The van der Waals surface area contributed by atoms with E-state index in [1.165, 1.54) is 7.76 Å². The molecule has 1 aromatic rings. The molecular weight excluding hydrogens is 335 g/mol. The van der Waals surface area contributed by atoms with Gasteiger partial charge in [0.15, 0.2) is 0 Å². The topological polar surface area (TPSA) is 41.1 Å². The van der Waals surface area contributed by atoms with Gasteiger partial charge in [0.25, 0.3) is 0 Å². The number of carbonyl (C=O) groups is 1. The molecule has 3 nitrogen and oxygen atoms in total. The van der Waals surface area contributed by atoms with E-state index in [0.717, 1.165) is 25.9 Å². The second-order valence-electron chi connectivity index (χ2n) is 3.51. The summed E-state index contributed by atoms with van der Waals surface area (Å²) >= 11 is 4.10. The van der Waals surface area contributed by atoms with Crippen molar-refractivity contribution in [1.29, 1.82) is 0 Å². The van der Waals surface area contributed by atoms with Crippen LogP contribution in [-0.2, 0) is 11.2 Å². The molecule has 0 fully saturated rings. The Kier molecular flexibility index (Phi) is 6.98. The van der Waals surface area contributed by atoms with E-state index in [-0.39, 0.29) is 5.91 Å². The lowest BCUT2D eigenvalue weighted by molar-refractivity contribution is -0.121. The quantitative estimate of drug-likeness (QED) is 0.582. The average Bonchev–Trinajstić information content (AvgIpc) is 2.65. The molecule has 1 rings (SSSR count). The third-order valence-electron chi connectivity index (χ3n) is 2.15. The standard InChI is InChI=1S/C11H17IN2OS/c1-13-7-2-3-11(15)14-8-6-9-4-5-10(12)16-9/h4-5,13H,2-3,6-8H2,1H3,(H,14,15). The molecule has 0 atom stereocenters. The fourth-order valence-corrected chi connectivity index (χ4v) is 3.08. The van der Waals surface area contributed by atoms with Crippen molar-refractivity contribution >= 4 is 39.8 Å². The smallest absolute Gasteiger partial charge is 0.220 e. The van der Waals surface area contributed by atoms with Gasteiger partial charge < -0.3 is 10.6 Å². The van der Waals surface area contributed by atoms with E-state index in [1.807, 2.05) is 7.05 Å². The number of carbonyl (C=O) groups excluding carboxylic acids is 1. The molecule has 1 heterocycles. The molecular formula is C11H17IN2OS. The first kappa shape index (κ1) is 13.9. The lowest BCUT2D eigenvalue weighted by Crippen LogP contribution is -2.26. The normalized spacial score (nSPS) is 10.4. The van der Waals surface area contributed by atoms with Crippen molar-refractivity contribution in [2.45, 2.75) is 19.3 Å². The van der Waals surface area contributed by atoms with Gasteiger partial charge in [0.1, 0.15) is 0 Å². The van der Waals surface area contributed by atoms with E-state index in [2.05, 4.69) is 45.4 Å². The van der Waals surface area contributed by atoms with Gasteiger partial charge in [-0.25, -0.2) is 0 Å². The van der Waals surface area contributed by atoms with Crippen molar-refractivity contribution in [3.63, 3.8) is 0 Å². The van der Waals surface area contributed by atoms with Crippen molar-refractivity contribution < 1.29 is 4.79 Å². The van der Waals surface area contributed by atoms with E-state index in [1.54, 1.807) is 11.3 Å². The molecule has 0 radical (unpaired) electrons. The Morgan fingerprint density at radius 3 is 2.88 bits per heavy atom. The van der Waals surface area contributed by atoms with Crippen molar-refractivity contribution in [3.8, 4) is 0 Å². The van der Waals surface area contributed by atoms with Gasteiger partial charge in [-0.2, -0.15) is 0 Å². The Bertz CT molecular complexity index is 328. The zero-order valence-corrected chi connectivity index (χ0v) is 12.4. The van der Waals surface area contributed by atoms with Crippen LogP contribution in [0.1, 0.15) is 17.7 Å². The molecule has 0 aliphatic rings. The van der Waals surface area contributed by atoms with Crippen LogP contribution in [0, 0.1) is 2.88 Å². The molecule has 0 saturated heterocycles. The van der Waals surface area contributed by atoms with Crippen LogP contribution >= 0.6 is 33.9 Å². The third-order valence-corrected chi connectivity index (χ3v) is 4.11. The molecule has 0 spiro atoms. The summed E-state index contributed by atoms with van der Waals surface area (Å²) in [5.74, 6) is 0.154. The molecule has 5 heteroatoms. The van der Waals surface area contributed by atoms with Crippen LogP contribution in [0.5, 0.6) is 0 Å². The summed E-state index contributed by atoms with van der Waals surface area (Å²) in [6.45, 7) is 1.64. The van der Waals surface area contributed by atoms with Crippen LogP contribution in [-0.4, -0.2) is 26.0 Å². The van der Waals surface area contributed by atoms with Gasteiger partial charge in [0.05, 0.1) is 2.88 Å². The number of thiophene rings is 1. The van der Waals surface area contributed by atoms with Crippen molar-refractivity contribution in [1.82, 2.24) is 10.6 Å². The first-order chi connectivity index (χ1) is 7.72. The fraction of sp³-hybridized carbons (Fsp3) is 0.545. The van der Waals surface area contributed by atoms with Crippen LogP contribution in [0.2, 0.25) is 0 Å². The number of hydrogen-bond donors (Lipinski definition) is 2. The maximum atomic E-state index is 11.4. The maximum Gasteiger partial charge on any atom is 0.220 e. The molecule has 2 N–H and O–H groups in total.